The first-order valence-electron chi connectivity index (χ1n) is 12.9. The summed E-state index contributed by atoms with van der Waals surface area (Å²) in [5, 5.41) is 0. The molecule has 4 heterocycles. The number of pyridine rings is 2. The van der Waals surface area contributed by atoms with E-state index < -0.39 is 0 Å². The molecule has 2 fully saturated rings. The Bertz CT molecular complexity index is 1220. The minimum atomic E-state index is 0.153. The summed E-state index contributed by atoms with van der Waals surface area (Å²) in [6.07, 6.45) is 8.39. The number of ether oxygens (including phenoxy) is 1. The van der Waals surface area contributed by atoms with Crippen molar-refractivity contribution in [3.8, 4) is 11.1 Å². The van der Waals surface area contributed by atoms with Crippen molar-refractivity contribution in [3.05, 3.63) is 72.3 Å². The van der Waals surface area contributed by atoms with Crippen LogP contribution in [-0.4, -0.2) is 73.1 Å². The molecule has 2 saturated heterocycles. The van der Waals surface area contributed by atoms with Crippen LogP contribution in [0, 0.1) is 0 Å². The fraction of sp³-hybridized carbons (Fsp3) is 0.379. The number of methoxy groups -OCH3 is 1. The van der Waals surface area contributed by atoms with Gasteiger partial charge in [0.05, 0.1) is 24.9 Å². The molecule has 0 N–H and O–H groups in total. The Hall–Kier alpha value is -3.78. The molecule has 2 aromatic heterocycles. The van der Waals surface area contributed by atoms with Crippen molar-refractivity contribution in [2.45, 2.75) is 25.7 Å². The highest BCUT2D eigenvalue weighted by molar-refractivity contribution is 5.95. The Morgan fingerprint density at radius 1 is 0.919 bits per heavy atom. The van der Waals surface area contributed by atoms with Crippen molar-refractivity contribution in [1.29, 1.82) is 0 Å². The molecule has 37 heavy (non-hydrogen) atoms. The van der Waals surface area contributed by atoms with Gasteiger partial charge in [0.1, 0.15) is 0 Å². The van der Waals surface area contributed by atoms with Crippen LogP contribution < -0.4 is 9.80 Å². The number of amides is 2. The monoisotopic (exact) mass is 499 g/mol. The Morgan fingerprint density at radius 2 is 1.70 bits per heavy atom. The van der Waals surface area contributed by atoms with Gasteiger partial charge < -0.3 is 19.4 Å². The van der Waals surface area contributed by atoms with Crippen molar-refractivity contribution >= 4 is 23.2 Å². The fourth-order valence-corrected chi connectivity index (χ4v) is 4.97. The molecular formula is C29H33N5O3. The number of nitrogens with zero attached hydrogens (tertiary/aromatic N) is 5. The summed E-state index contributed by atoms with van der Waals surface area (Å²) >= 11 is 0. The zero-order chi connectivity index (χ0) is 25.6. The maximum Gasteiger partial charge on any atom is 0.227 e. The van der Waals surface area contributed by atoms with Gasteiger partial charge in [-0.3, -0.25) is 19.6 Å². The first kappa shape index (κ1) is 24.9. The highest BCUT2D eigenvalue weighted by Gasteiger charge is 2.22. The second-order valence-corrected chi connectivity index (χ2v) is 9.57. The van der Waals surface area contributed by atoms with Gasteiger partial charge in [0.15, 0.2) is 0 Å². The molecule has 8 nitrogen and oxygen atoms in total. The Labute approximate surface area is 217 Å². The predicted octanol–water partition coefficient (Wildman–Crippen LogP) is 3.55. The lowest BCUT2D eigenvalue weighted by atomic mass is 10.1. The summed E-state index contributed by atoms with van der Waals surface area (Å²) in [5.41, 5.74) is 6.26. The molecule has 2 amide bonds. The highest BCUT2D eigenvalue weighted by Crippen LogP contribution is 2.26. The van der Waals surface area contributed by atoms with Gasteiger partial charge in [-0.05, 0) is 41.8 Å². The Morgan fingerprint density at radius 3 is 2.38 bits per heavy atom. The van der Waals surface area contributed by atoms with Gasteiger partial charge in [0.2, 0.25) is 11.8 Å². The molecule has 0 radical (unpaired) electrons. The number of hydrogen-bond donors (Lipinski definition) is 0. The van der Waals surface area contributed by atoms with Crippen LogP contribution >= 0.6 is 0 Å². The lowest BCUT2D eigenvalue weighted by Gasteiger charge is -2.36. The zero-order valence-corrected chi connectivity index (χ0v) is 21.3. The third-order valence-corrected chi connectivity index (χ3v) is 7.09. The number of carbonyl (C=O) groups is 2. The van der Waals surface area contributed by atoms with Crippen LogP contribution in [0.5, 0.6) is 0 Å². The number of benzene rings is 1. The molecule has 0 aliphatic carbocycles. The molecule has 2 aliphatic heterocycles. The molecule has 8 heteroatoms. The predicted molar refractivity (Wildman–Crippen MR) is 144 cm³/mol. The molecule has 3 aromatic rings. The van der Waals surface area contributed by atoms with E-state index in [1.165, 1.54) is 0 Å². The molecule has 0 saturated carbocycles. The molecule has 0 bridgehead atoms. The number of aromatic nitrogens is 2. The average Bonchev–Trinajstić information content (AvgIpc) is 3.38. The molecular weight excluding hydrogens is 466 g/mol. The first-order valence-corrected chi connectivity index (χ1v) is 12.9. The molecule has 0 spiro atoms. The summed E-state index contributed by atoms with van der Waals surface area (Å²) in [4.78, 5) is 39.5. The summed E-state index contributed by atoms with van der Waals surface area (Å²) < 4.78 is 5.03. The van der Waals surface area contributed by atoms with E-state index in [2.05, 4.69) is 40.2 Å². The number of anilines is 2. The molecule has 1 aromatic carbocycles. The minimum absolute atomic E-state index is 0.153. The third-order valence-electron chi connectivity index (χ3n) is 7.09. The minimum Gasteiger partial charge on any atom is -0.384 e. The van der Waals surface area contributed by atoms with E-state index in [4.69, 9.17) is 9.72 Å². The van der Waals surface area contributed by atoms with E-state index in [0.717, 1.165) is 59.8 Å². The largest absolute Gasteiger partial charge is 0.384 e. The van der Waals surface area contributed by atoms with E-state index in [9.17, 15) is 9.59 Å². The normalized spacial score (nSPS) is 15.9. The van der Waals surface area contributed by atoms with Crippen molar-refractivity contribution in [2.24, 2.45) is 0 Å². The lowest BCUT2D eigenvalue weighted by molar-refractivity contribution is -0.132. The fourth-order valence-electron chi connectivity index (χ4n) is 4.97. The number of piperazine rings is 1. The molecule has 0 unspecified atom stereocenters. The van der Waals surface area contributed by atoms with Gasteiger partial charge >= 0.3 is 0 Å². The van der Waals surface area contributed by atoms with Crippen molar-refractivity contribution in [3.63, 3.8) is 0 Å². The van der Waals surface area contributed by atoms with Crippen LogP contribution in [-0.2, 0) is 20.7 Å². The number of rotatable bonds is 8. The van der Waals surface area contributed by atoms with E-state index in [0.29, 0.717) is 39.0 Å². The van der Waals surface area contributed by atoms with Gasteiger partial charge in [-0.1, -0.05) is 18.2 Å². The van der Waals surface area contributed by atoms with Gasteiger partial charge in [-0.2, -0.15) is 0 Å². The van der Waals surface area contributed by atoms with Crippen molar-refractivity contribution in [2.75, 3.05) is 56.2 Å². The molecule has 192 valence electrons. The van der Waals surface area contributed by atoms with Crippen molar-refractivity contribution < 1.29 is 14.3 Å². The quantitative estimate of drug-likeness (QED) is 0.472. The maximum absolute atomic E-state index is 12.2. The van der Waals surface area contributed by atoms with Crippen LogP contribution in [0.1, 0.15) is 30.5 Å². The van der Waals surface area contributed by atoms with E-state index in [-0.39, 0.29) is 11.8 Å². The average molecular weight is 500 g/mol. The molecule has 5 rings (SSSR count). The molecule has 2 aliphatic rings. The second kappa shape index (κ2) is 11.5. The number of hydrogen-bond acceptors (Lipinski definition) is 6. The molecule has 0 atom stereocenters. The van der Waals surface area contributed by atoms with E-state index in [1.54, 1.807) is 7.11 Å². The van der Waals surface area contributed by atoms with Crippen LogP contribution in [0.4, 0.5) is 11.4 Å². The van der Waals surface area contributed by atoms with Crippen LogP contribution in [0.3, 0.4) is 0 Å². The Kier molecular flexibility index (Phi) is 7.75. The van der Waals surface area contributed by atoms with E-state index >= 15 is 0 Å². The van der Waals surface area contributed by atoms with Crippen LogP contribution in [0.25, 0.3) is 11.1 Å². The summed E-state index contributed by atoms with van der Waals surface area (Å²) in [6.45, 7) is 4.28. The van der Waals surface area contributed by atoms with Gasteiger partial charge in [-0.15, -0.1) is 0 Å². The highest BCUT2D eigenvalue weighted by atomic mass is 16.5. The summed E-state index contributed by atoms with van der Waals surface area (Å²) in [7, 11) is 1.62. The van der Waals surface area contributed by atoms with Gasteiger partial charge in [0, 0.05) is 82.0 Å². The SMILES string of the molecule is COCCC(=O)N1CCN(c2cncc(Cc3ccc(-c4ccc(N5CCCC5=O)cc4)cn3)c2)CC1. The first-order chi connectivity index (χ1) is 18.1. The second-order valence-electron chi connectivity index (χ2n) is 9.57. The standard InChI is InChI=1S/C29H33N5O3/c1-37-16-10-28(35)33-14-12-32(13-15-33)27-18-22(19-30-21-27)17-25-7-4-24(20-31-25)23-5-8-26(9-6-23)34-11-2-3-29(34)36/h4-9,18-21H,2-3,10-17H2,1H3. The maximum atomic E-state index is 12.2. The smallest absolute Gasteiger partial charge is 0.227 e. The lowest BCUT2D eigenvalue weighted by Crippen LogP contribution is -2.49. The summed E-state index contributed by atoms with van der Waals surface area (Å²) in [5.74, 6) is 0.355. The van der Waals surface area contributed by atoms with Crippen LogP contribution in [0.15, 0.2) is 61.1 Å². The van der Waals surface area contributed by atoms with Gasteiger partial charge in [-0.25, -0.2) is 0 Å². The Balaban J connectivity index is 1.18. The third kappa shape index (κ3) is 5.97. The van der Waals surface area contributed by atoms with Crippen LogP contribution in [0.2, 0.25) is 0 Å². The zero-order valence-electron chi connectivity index (χ0n) is 21.3. The topological polar surface area (TPSA) is 78.9 Å². The summed E-state index contributed by atoms with van der Waals surface area (Å²) in [6, 6.07) is 14.5. The van der Waals surface area contributed by atoms with Crippen molar-refractivity contribution in [1.82, 2.24) is 14.9 Å². The van der Waals surface area contributed by atoms with Gasteiger partial charge in [0.25, 0.3) is 0 Å². The van der Waals surface area contributed by atoms with E-state index in [1.807, 2.05) is 40.5 Å². The number of carbonyl (C=O) groups excluding carboxylic acids is 2.